The molecular weight excluding hydrogens is 350 g/mol. The quantitative estimate of drug-likeness (QED) is 0.772. The number of rotatable bonds is 7. The molecule has 21 heavy (non-hydrogen) atoms. The molecule has 3 nitrogen and oxygen atoms in total. The van der Waals surface area contributed by atoms with Gasteiger partial charge in [-0.2, -0.15) is 0 Å². The van der Waals surface area contributed by atoms with Crippen molar-refractivity contribution in [1.82, 2.24) is 5.32 Å². The number of nitrogens with one attached hydrogen (secondary N) is 1. The first-order valence-corrected chi connectivity index (χ1v) is 8.57. The Morgan fingerprint density at radius 2 is 2.05 bits per heavy atom. The van der Waals surface area contributed by atoms with Gasteiger partial charge in [0, 0.05) is 10.4 Å². The molecule has 5 heteroatoms. The first kappa shape index (κ1) is 16.3. The smallest absolute Gasteiger partial charge is 0.141 e. The molecular formula is C16H20BrNO2S. The Morgan fingerprint density at radius 1 is 1.24 bits per heavy atom. The van der Waals surface area contributed by atoms with Crippen molar-refractivity contribution in [2.45, 2.75) is 19.4 Å². The Hall–Kier alpha value is -1.04. The van der Waals surface area contributed by atoms with Crippen molar-refractivity contribution >= 4 is 27.3 Å². The maximum atomic E-state index is 5.62. The fourth-order valence-corrected chi connectivity index (χ4v) is 3.76. The SMILES string of the molecule is CCCNC(c1cccs1)c1ccc(OC)c(Br)c1OC. The number of methoxy groups -OCH3 is 2. The van der Waals surface area contributed by atoms with E-state index in [0.29, 0.717) is 0 Å². The number of halogens is 1. The molecule has 0 saturated carbocycles. The topological polar surface area (TPSA) is 30.5 Å². The van der Waals surface area contributed by atoms with Gasteiger partial charge in [0.2, 0.25) is 0 Å². The Morgan fingerprint density at radius 3 is 2.62 bits per heavy atom. The molecule has 1 unspecified atom stereocenters. The van der Waals surface area contributed by atoms with Crippen LogP contribution in [0.3, 0.4) is 0 Å². The van der Waals surface area contributed by atoms with E-state index in [-0.39, 0.29) is 6.04 Å². The lowest BCUT2D eigenvalue weighted by atomic mass is 10.0. The lowest BCUT2D eigenvalue weighted by Gasteiger charge is -2.22. The van der Waals surface area contributed by atoms with Gasteiger partial charge in [0.1, 0.15) is 16.0 Å². The molecule has 1 atom stereocenters. The van der Waals surface area contributed by atoms with E-state index in [2.05, 4.69) is 51.7 Å². The third-order valence-corrected chi connectivity index (χ3v) is 4.94. The average molecular weight is 370 g/mol. The number of hydrogen-bond donors (Lipinski definition) is 1. The minimum Gasteiger partial charge on any atom is -0.495 e. The van der Waals surface area contributed by atoms with Gasteiger partial charge in [0.15, 0.2) is 0 Å². The van der Waals surface area contributed by atoms with Crippen LogP contribution in [-0.4, -0.2) is 20.8 Å². The normalized spacial score (nSPS) is 12.2. The molecule has 0 amide bonds. The third kappa shape index (κ3) is 3.59. The van der Waals surface area contributed by atoms with E-state index in [4.69, 9.17) is 9.47 Å². The molecule has 0 aliphatic rings. The van der Waals surface area contributed by atoms with Crippen LogP contribution in [0.1, 0.15) is 29.8 Å². The van der Waals surface area contributed by atoms with Crippen LogP contribution in [0.5, 0.6) is 11.5 Å². The maximum Gasteiger partial charge on any atom is 0.141 e. The minimum atomic E-state index is 0.127. The fraction of sp³-hybridized carbons (Fsp3) is 0.375. The molecule has 0 saturated heterocycles. The zero-order valence-electron chi connectivity index (χ0n) is 12.5. The van der Waals surface area contributed by atoms with Gasteiger partial charge in [0.05, 0.1) is 20.3 Å². The van der Waals surface area contributed by atoms with E-state index in [9.17, 15) is 0 Å². The molecule has 114 valence electrons. The standard InChI is InChI=1S/C16H20BrNO2S/c1-4-9-18-15(13-6-5-10-21-13)11-7-8-12(19-2)14(17)16(11)20-3/h5-8,10,15,18H,4,9H2,1-3H3. The molecule has 0 aliphatic carbocycles. The van der Waals surface area contributed by atoms with Crippen molar-refractivity contribution in [2.24, 2.45) is 0 Å². The summed E-state index contributed by atoms with van der Waals surface area (Å²) in [5.41, 5.74) is 1.11. The summed E-state index contributed by atoms with van der Waals surface area (Å²) in [4.78, 5) is 1.28. The molecule has 1 N–H and O–H groups in total. The molecule has 0 fully saturated rings. The molecule has 0 bridgehead atoms. The van der Waals surface area contributed by atoms with Gasteiger partial charge in [-0.05, 0) is 52.5 Å². The third-order valence-electron chi connectivity index (χ3n) is 3.25. The molecule has 0 radical (unpaired) electrons. The van der Waals surface area contributed by atoms with Crippen LogP contribution < -0.4 is 14.8 Å². The Balaban J connectivity index is 2.46. The zero-order valence-corrected chi connectivity index (χ0v) is 14.9. The van der Waals surface area contributed by atoms with Crippen LogP contribution in [0.4, 0.5) is 0 Å². The van der Waals surface area contributed by atoms with Gasteiger partial charge in [0.25, 0.3) is 0 Å². The van der Waals surface area contributed by atoms with Gasteiger partial charge in [-0.1, -0.05) is 13.0 Å². The first-order valence-electron chi connectivity index (χ1n) is 6.90. The van der Waals surface area contributed by atoms with Crippen LogP contribution in [0.15, 0.2) is 34.1 Å². The Kier molecular flexibility index (Phi) is 6.08. The van der Waals surface area contributed by atoms with Crippen LogP contribution in [-0.2, 0) is 0 Å². The van der Waals surface area contributed by atoms with Crippen molar-refractivity contribution in [3.63, 3.8) is 0 Å². The van der Waals surface area contributed by atoms with Gasteiger partial charge < -0.3 is 14.8 Å². The average Bonchev–Trinajstić information content (AvgIpc) is 3.02. The van der Waals surface area contributed by atoms with E-state index in [1.165, 1.54) is 4.88 Å². The Labute approximate surface area is 138 Å². The van der Waals surface area contributed by atoms with E-state index < -0.39 is 0 Å². The summed E-state index contributed by atoms with van der Waals surface area (Å²) in [7, 11) is 3.35. The number of ether oxygens (including phenoxy) is 2. The minimum absolute atomic E-state index is 0.127. The van der Waals surface area contributed by atoms with E-state index in [1.54, 1.807) is 25.6 Å². The molecule has 0 spiro atoms. The molecule has 1 heterocycles. The molecule has 0 aliphatic heterocycles. The van der Waals surface area contributed by atoms with Crippen LogP contribution in [0.2, 0.25) is 0 Å². The maximum absolute atomic E-state index is 5.62. The Bertz CT molecular complexity index is 572. The van der Waals surface area contributed by atoms with E-state index in [0.717, 1.165) is 34.5 Å². The van der Waals surface area contributed by atoms with Crippen molar-refractivity contribution < 1.29 is 9.47 Å². The highest BCUT2D eigenvalue weighted by atomic mass is 79.9. The second-order valence-corrected chi connectivity index (χ2v) is 6.38. The summed E-state index contributed by atoms with van der Waals surface area (Å²) in [6, 6.07) is 8.38. The van der Waals surface area contributed by atoms with Gasteiger partial charge in [-0.25, -0.2) is 0 Å². The van der Waals surface area contributed by atoms with Crippen LogP contribution >= 0.6 is 27.3 Å². The first-order chi connectivity index (χ1) is 10.2. The largest absolute Gasteiger partial charge is 0.495 e. The lowest BCUT2D eigenvalue weighted by Crippen LogP contribution is -2.23. The monoisotopic (exact) mass is 369 g/mol. The summed E-state index contributed by atoms with van der Waals surface area (Å²) >= 11 is 5.32. The summed E-state index contributed by atoms with van der Waals surface area (Å²) in [5.74, 6) is 1.59. The number of hydrogen-bond acceptors (Lipinski definition) is 4. The van der Waals surface area contributed by atoms with E-state index >= 15 is 0 Å². The highest BCUT2D eigenvalue weighted by Crippen LogP contribution is 2.41. The summed E-state index contributed by atoms with van der Waals surface area (Å²) in [6.07, 6.45) is 1.08. The zero-order chi connectivity index (χ0) is 15.2. The molecule has 2 aromatic rings. The highest BCUT2D eigenvalue weighted by Gasteiger charge is 2.22. The van der Waals surface area contributed by atoms with Gasteiger partial charge in [-0.15, -0.1) is 11.3 Å². The second kappa shape index (κ2) is 7.82. The molecule has 1 aromatic carbocycles. The summed E-state index contributed by atoms with van der Waals surface area (Å²) < 4.78 is 11.8. The van der Waals surface area contributed by atoms with Crippen molar-refractivity contribution in [3.8, 4) is 11.5 Å². The number of benzene rings is 1. The predicted octanol–water partition coefficient (Wildman–Crippen LogP) is 4.62. The summed E-state index contributed by atoms with van der Waals surface area (Å²) in [6.45, 7) is 3.12. The van der Waals surface area contributed by atoms with E-state index in [1.807, 2.05) is 6.07 Å². The lowest BCUT2D eigenvalue weighted by molar-refractivity contribution is 0.383. The van der Waals surface area contributed by atoms with Gasteiger partial charge >= 0.3 is 0 Å². The van der Waals surface area contributed by atoms with Crippen LogP contribution in [0.25, 0.3) is 0 Å². The molecule has 1 aromatic heterocycles. The summed E-state index contributed by atoms with van der Waals surface area (Å²) in [5, 5.41) is 5.69. The fourth-order valence-electron chi connectivity index (χ4n) is 2.25. The highest BCUT2D eigenvalue weighted by molar-refractivity contribution is 9.10. The molecule has 2 rings (SSSR count). The number of thiophene rings is 1. The van der Waals surface area contributed by atoms with Crippen LogP contribution in [0, 0.1) is 0 Å². The van der Waals surface area contributed by atoms with Crippen molar-refractivity contribution in [2.75, 3.05) is 20.8 Å². The van der Waals surface area contributed by atoms with Crippen molar-refractivity contribution in [1.29, 1.82) is 0 Å². The second-order valence-electron chi connectivity index (χ2n) is 4.61. The van der Waals surface area contributed by atoms with Gasteiger partial charge in [-0.3, -0.25) is 0 Å². The van der Waals surface area contributed by atoms with Crippen molar-refractivity contribution in [3.05, 3.63) is 44.6 Å². The predicted molar refractivity (Wildman–Crippen MR) is 91.7 cm³/mol.